The van der Waals surface area contributed by atoms with Gasteiger partial charge in [0.05, 0.1) is 0 Å². The number of nitrogens with one attached hydrogen (secondary N) is 1. The van der Waals surface area contributed by atoms with Crippen LogP contribution >= 0.6 is 0 Å². The molecule has 2 fully saturated rings. The molecule has 2 saturated heterocycles. The van der Waals surface area contributed by atoms with Crippen molar-refractivity contribution in [3.63, 3.8) is 0 Å². The summed E-state index contributed by atoms with van der Waals surface area (Å²) in [6.07, 6.45) is 0.478. The highest BCUT2D eigenvalue weighted by Crippen LogP contribution is 2.28. The molecule has 0 unspecified atom stereocenters. The summed E-state index contributed by atoms with van der Waals surface area (Å²) < 4.78 is 5.33. The molecule has 0 radical (unpaired) electrons. The highest BCUT2D eigenvalue weighted by molar-refractivity contribution is 5.81. The molecule has 1 N–H and O–H groups in total. The Kier molecular flexibility index (Phi) is 3.02. The summed E-state index contributed by atoms with van der Waals surface area (Å²) in [5.41, 5.74) is -0.461. The Morgan fingerprint density at radius 2 is 2.18 bits per heavy atom. The maximum absolute atomic E-state index is 11.9. The number of likely N-dealkylation sites (tertiary alicyclic amines) is 1. The number of carbonyl (C=O) groups is 2. The molecule has 96 valence electrons. The van der Waals surface area contributed by atoms with Gasteiger partial charge in [0.2, 0.25) is 5.91 Å². The summed E-state index contributed by atoms with van der Waals surface area (Å²) in [6, 6.07) is 0. The average Bonchev–Trinajstić information content (AvgIpc) is 2.57. The quantitative estimate of drug-likeness (QED) is 0.687. The molecule has 2 aliphatic heterocycles. The van der Waals surface area contributed by atoms with Crippen molar-refractivity contribution in [1.29, 1.82) is 0 Å². The van der Waals surface area contributed by atoms with Gasteiger partial charge in [-0.25, -0.2) is 4.79 Å². The van der Waals surface area contributed by atoms with Crippen LogP contribution in [-0.2, 0) is 9.53 Å². The van der Waals surface area contributed by atoms with Crippen LogP contribution in [0.25, 0.3) is 0 Å². The predicted octanol–water partition coefficient (Wildman–Crippen LogP) is 0.989. The lowest BCUT2D eigenvalue weighted by atomic mass is 9.88. The van der Waals surface area contributed by atoms with Gasteiger partial charge in [0.1, 0.15) is 5.60 Å². The van der Waals surface area contributed by atoms with Crippen molar-refractivity contribution in [2.24, 2.45) is 11.8 Å². The Morgan fingerprint density at radius 1 is 1.47 bits per heavy atom. The van der Waals surface area contributed by atoms with Crippen LogP contribution < -0.4 is 5.32 Å². The molecule has 2 rings (SSSR count). The normalized spacial score (nSPS) is 28.6. The van der Waals surface area contributed by atoms with Crippen LogP contribution in [-0.4, -0.2) is 42.1 Å². The molecular weight excluding hydrogens is 220 g/mol. The highest BCUT2D eigenvalue weighted by atomic mass is 16.6. The van der Waals surface area contributed by atoms with Crippen LogP contribution in [0.1, 0.15) is 27.2 Å². The first-order chi connectivity index (χ1) is 7.87. The molecule has 0 bridgehead atoms. The minimum atomic E-state index is -0.461. The number of nitrogens with zero attached hydrogens (tertiary/aromatic N) is 1. The van der Waals surface area contributed by atoms with Crippen molar-refractivity contribution in [2.45, 2.75) is 32.8 Å². The van der Waals surface area contributed by atoms with Crippen molar-refractivity contribution in [3.8, 4) is 0 Å². The zero-order valence-corrected chi connectivity index (χ0v) is 10.7. The molecule has 0 saturated carbocycles. The van der Waals surface area contributed by atoms with Crippen LogP contribution in [0.15, 0.2) is 0 Å². The maximum atomic E-state index is 11.9. The number of hydrogen-bond donors (Lipinski definition) is 1. The monoisotopic (exact) mass is 240 g/mol. The second kappa shape index (κ2) is 4.20. The molecule has 2 atom stereocenters. The van der Waals surface area contributed by atoms with E-state index < -0.39 is 5.60 Å². The zero-order chi connectivity index (χ0) is 12.6. The van der Waals surface area contributed by atoms with Gasteiger partial charge in [-0.05, 0) is 27.2 Å². The van der Waals surface area contributed by atoms with Crippen LogP contribution in [0.2, 0.25) is 0 Å². The van der Waals surface area contributed by atoms with Crippen LogP contribution in [0.3, 0.4) is 0 Å². The summed E-state index contributed by atoms with van der Waals surface area (Å²) in [7, 11) is 0. The van der Waals surface area contributed by atoms with E-state index in [-0.39, 0.29) is 23.8 Å². The number of fused-ring (bicyclic) bond motifs is 1. The number of amides is 2. The van der Waals surface area contributed by atoms with E-state index in [2.05, 4.69) is 5.32 Å². The number of hydrogen-bond acceptors (Lipinski definition) is 3. The number of piperidine rings is 1. The van der Waals surface area contributed by atoms with Gasteiger partial charge in [0.25, 0.3) is 0 Å². The molecule has 2 aliphatic rings. The second-order valence-electron chi connectivity index (χ2n) is 5.83. The summed E-state index contributed by atoms with van der Waals surface area (Å²) in [6.45, 7) is 7.50. The molecule has 17 heavy (non-hydrogen) atoms. The van der Waals surface area contributed by atoms with E-state index in [0.29, 0.717) is 19.6 Å². The fraction of sp³-hybridized carbons (Fsp3) is 0.833. The molecule has 0 aliphatic carbocycles. The summed E-state index contributed by atoms with van der Waals surface area (Å²) in [5.74, 6) is 0.483. The van der Waals surface area contributed by atoms with Gasteiger partial charge in [-0.2, -0.15) is 0 Å². The molecule has 5 heteroatoms. The minimum absolute atomic E-state index is 0.0914. The van der Waals surface area contributed by atoms with E-state index in [0.717, 1.165) is 6.42 Å². The third-order valence-electron chi connectivity index (χ3n) is 3.26. The Morgan fingerprint density at radius 3 is 2.82 bits per heavy atom. The predicted molar refractivity (Wildman–Crippen MR) is 62.4 cm³/mol. The summed E-state index contributed by atoms with van der Waals surface area (Å²) in [4.78, 5) is 25.1. The van der Waals surface area contributed by atoms with E-state index >= 15 is 0 Å². The van der Waals surface area contributed by atoms with Crippen molar-refractivity contribution in [1.82, 2.24) is 10.2 Å². The smallest absolute Gasteiger partial charge is 0.410 e. The molecule has 2 amide bonds. The summed E-state index contributed by atoms with van der Waals surface area (Å²) in [5, 5.41) is 2.85. The third-order valence-corrected chi connectivity index (χ3v) is 3.26. The number of rotatable bonds is 0. The van der Waals surface area contributed by atoms with Gasteiger partial charge in [0, 0.05) is 31.5 Å². The maximum Gasteiger partial charge on any atom is 0.410 e. The van der Waals surface area contributed by atoms with Crippen LogP contribution in [0.5, 0.6) is 0 Å². The fourth-order valence-electron chi connectivity index (χ4n) is 2.44. The van der Waals surface area contributed by atoms with E-state index in [9.17, 15) is 9.59 Å². The first-order valence-corrected chi connectivity index (χ1v) is 6.12. The Balaban J connectivity index is 1.93. The summed E-state index contributed by atoms with van der Waals surface area (Å²) >= 11 is 0. The minimum Gasteiger partial charge on any atom is -0.444 e. The molecule has 5 nitrogen and oxygen atoms in total. The molecule has 2 heterocycles. The molecular formula is C12H20N2O3. The van der Waals surface area contributed by atoms with Gasteiger partial charge in [-0.3, -0.25) is 4.79 Å². The van der Waals surface area contributed by atoms with Gasteiger partial charge in [-0.1, -0.05) is 0 Å². The lowest BCUT2D eigenvalue weighted by molar-refractivity contribution is -0.124. The Labute approximate surface area is 101 Å². The topological polar surface area (TPSA) is 58.6 Å². The van der Waals surface area contributed by atoms with Crippen LogP contribution in [0, 0.1) is 11.8 Å². The van der Waals surface area contributed by atoms with Crippen molar-refractivity contribution in [2.75, 3.05) is 19.6 Å². The average molecular weight is 240 g/mol. The van der Waals surface area contributed by atoms with E-state index in [4.69, 9.17) is 4.74 Å². The van der Waals surface area contributed by atoms with E-state index in [1.54, 1.807) is 4.90 Å². The van der Waals surface area contributed by atoms with E-state index in [1.807, 2.05) is 20.8 Å². The van der Waals surface area contributed by atoms with Gasteiger partial charge in [0.15, 0.2) is 0 Å². The van der Waals surface area contributed by atoms with Crippen molar-refractivity contribution in [3.05, 3.63) is 0 Å². The molecule has 0 aromatic rings. The standard InChI is InChI=1S/C12H20N2O3/c1-12(2,3)17-11(16)14-5-4-9-8(7-14)6-13-10(9)15/h8-9H,4-7H2,1-3H3,(H,13,15)/t8-,9-/m1/s1. The van der Waals surface area contributed by atoms with Crippen molar-refractivity contribution >= 4 is 12.0 Å². The lowest BCUT2D eigenvalue weighted by Gasteiger charge is -2.34. The second-order valence-corrected chi connectivity index (χ2v) is 5.83. The zero-order valence-electron chi connectivity index (χ0n) is 10.7. The Bertz CT molecular complexity index is 335. The molecule has 0 spiro atoms. The number of carbonyl (C=O) groups excluding carboxylic acids is 2. The number of ether oxygens (including phenoxy) is 1. The highest BCUT2D eigenvalue weighted by Gasteiger charge is 2.40. The van der Waals surface area contributed by atoms with Gasteiger partial charge < -0.3 is 15.0 Å². The SMILES string of the molecule is CC(C)(C)OC(=O)N1CC[C@H]2C(=O)NC[C@@H]2C1. The first kappa shape index (κ1) is 12.2. The molecule has 0 aromatic heterocycles. The van der Waals surface area contributed by atoms with Gasteiger partial charge >= 0.3 is 6.09 Å². The third kappa shape index (κ3) is 2.70. The Hall–Kier alpha value is -1.26. The molecule has 0 aromatic carbocycles. The van der Waals surface area contributed by atoms with Gasteiger partial charge in [-0.15, -0.1) is 0 Å². The van der Waals surface area contributed by atoms with Crippen LogP contribution in [0.4, 0.5) is 4.79 Å². The fourth-order valence-corrected chi connectivity index (χ4v) is 2.44. The first-order valence-electron chi connectivity index (χ1n) is 6.12. The lowest BCUT2D eigenvalue weighted by Crippen LogP contribution is -2.46. The van der Waals surface area contributed by atoms with E-state index in [1.165, 1.54) is 0 Å². The van der Waals surface area contributed by atoms with Crippen molar-refractivity contribution < 1.29 is 14.3 Å². The largest absolute Gasteiger partial charge is 0.444 e.